The molecule has 1 fully saturated rings. The first-order chi connectivity index (χ1) is 15.1. The molecule has 0 radical (unpaired) electrons. The summed E-state index contributed by atoms with van der Waals surface area (Å²) < 4.78 is 0. The molecule has 6 N–H and O–H groups in total. The average molecular weight is 476 g/mol. The summed E-state index contributed by atoms with van der Waals surface area (Å²) in [6.45, 7) is 1.11. The Morgan fingerprint density at radius 1 is 1.16 bits per heavy atom. The molecule has 180 valence electrons. The zero-order chi connectivity index (χ0) is 24.3. The normalized spacial score (nSPS) is 16.1. The summed E-state index contributed by atoms with van der Waals surface area (Å²) in [5.74, 6) is -3.46. The third kappa shape index (κ3) is 8.70. The number of carbonyl (C=O) groups excluding carboxylic acids is 3. The van der Waals surface area contributed by atoms with Crippen LogP contribution in [-0.2, 0) is 19.2 Å². The Bertz CT molecular complexity index is 741. The van der Waals surface area contributed by atoms with E-state index in [9.17, 15) is 29.2 Å². The number of amides is 4. The van der Waals surface area contributed by atoms with Crippen molar-refractivity contribution in [2.75, 3.05) is 31.6 Å². The van der Waals surface area contributed by atoms with Crippen LogP contribution in [0.4, 0.5) is 4.79 Å². The van der Waals surface area contributed by atoms with Gasteiger partial charge in [0, 0.05) is 38.1 Å². The topological polar surface area (TPSA) is 203 Å². The van der Waals surface area contributed by atoms with E-state index in [0.29, 0.717) is 18.0 Å². The van der Waals surface area contributed by atoms with E-state index in [1.807, 2.05) is 0 Å². The van der Waals surface area contributed by atoms with Gasteiger partial charge in [0.1, 0.15) is 12.1 Å². The predicted octanol–water partition coefficient (Wildman–Crippen LogP) is -0.624. The Labute approximate surface area is 189 Å². The summed E-state index contributed by atoms with van der Waals surface area (Å²) in [7, 11) is 1.02. The minimum atomic E-state index is -1.52. The highest BCUT2D eigenvalue weighted by atomic mass is 32.2. The molecule has 0 aliphatic carbocycles. The second-order valence-electron chi connectivity index (χ2n) is 7.20. The van der Waals surface area contributed by atoms with Gasteiger partial charge < -0.3 is 31.4 Å². The van der Waals surface area contributed by atoms with E-state index in [-0.39, 0.29) is 30.1 Å². The van der Waals surface area contributed by atoms with Crippen LogP contribution in [0.2, 0.25) is 0 Å². The number of hydrogen-bond acceptors (Lipinski definition) is 9. The molecule has 1 heterocycles. The third-order valence-corrected chi connectivity index (χ3v) is 5.83. The molecule has 1 aliphatic rings. The van der Waals surface area contributed by atoms with E-state index in [1.54, 1.807) is 4.90 Å². The molecular weight excluding hydrogens is 446 g/mol. The standard InChI is InChI=1S/C18H29N5O8S/c1-22(18(29)30)15(25)12(20-14(24)6-5-11(19)17(27)28)9-32-10-13(21-31)16(26)23-7-3-2-4-8-23/h11-12,31H,2-10,19H2,1H3,(H,20,24)(H,27,28)(H,29,30)/b21-13-. The molecule has 0 aromatic heterocycles. The molecule has 14 heteroatoms. The van der Waals surface area contributed by atoms with Crippen LogP contribution in [0.25, 0.3) is 0 Å². The summed E-state index contributed by atoms with van der Waals surface area (Å²) in [5, 5.41) is 32.5. The first-order valence-electron chi connectivity index (χ1n) is 9.94. The van der Waals surface area contributed by atoms with Gasteiger partial charge in [-0.05, 0) is 25.7 Å². The Morgan fingerprint density at radius 3 is 2.31 bits per heavy atom. The number of likely N-dealkylation sites (tertiary alicyclic amines) is 1. The number of carboxylic acids is 1. The molecule has 4 amide bonds. The van der Waals surface area contributed by atoms with Gasteiger partial charge in [0.2, 0.25) is 5.91 Å². The van der Waals surface area contributed by atoms with E-state index in [0.717, 1.165) is 38.1 Å². The van der Waals surface area contributed by atoms with Crippen molar-refractivity contribution < 1.29 is 39.4 Å². The van der Waals surface area contributed by atoms with Crippen molar-refractivity contribution in [2.45, 2.75) is 44.2 Å². The molecule has 1 saturated heterocycles. The number of nitrogens with one attached hydrogen (secondary N) is 1. The van der Waals surface area contributed by atoms with Gasteiger partial charge in [-0.25, -0.2) is 9.69 Å². The van der Waals surface area contributed by atoms with Gasteiger partial charge in [-0.2, -0.15) is 11.8 Å². The van der Waals surface area contributed by atoms with Crippen molar-refractivity contribution in [2.24, 2.45) is 10.9 Å². The Balaban J connectivity index is 2.72. The maximum Gasteiger partial charge on any atom is 0.413 e. The van der Waals surface area contributed by atoms with Crippen LogP contribution < -0.4 is 11.1 Å². The van der Waals surface area contributed by atoms with Crippen molar-refractivity contribution >= 4 is 47.3 Å². The molecule has 32 heavy (non-hydrogen) atoms. The summed E-state index contributed by atoms with van der Waals surface area (Å²) in [6.07, 6.45) is 0.748. The maximum absolute atomic E-state index is 12.5. The van der Waals surface area contributed by atoms with Gasteiger partial charge in [-0.3, -0.25) is 19.2 Å². The number of thioether (sulfide) groups is 1. The number of carbonyl (C=O) groups is 5. The lowest BCUT2D eigenvalue weighted by atomic mass is 10.1. The molecular formula is C18H29N5O8S. The van der Waals surface area contributed by atoms with Gasteiger partial charge in [0.15, 0.2) is 5.71 Å². The minimum absolute atomic E-state index is 0.0633. The molecule has 1 rings (SSSR count). The van der Waals surface area contributed by atoms with Gasteiger partial charge in [-0.1, -0.05) is 5.16 Å². The molecule has 1 aliphatic heterocycles. The number of rotatable bonds is 11. The number of carboxylic acid groups (broad SMARTS) is 2. The van der Waals surface area contributed by atoms with Crippen LogP contribution in [0.15, 0.2) is 5.16 Å². The zero-order valence-corrected chi connectivity index (χ0v) is 18.5. The fourth-order valence-corrected chi connectivity index (χ4v) is 3.82. The van der Waals surface area contributed by atoms with Crippen molar-refractivity contribution in [3.8, 4) is 0 Å². The average Bonchev–Trinajstić information content (AvgIpc) is 2.78. The van der Waals surface area contributed by atoms with Gasteiger partial charge in [-0.15, -0.1) is 0 Å². The van der Waals surface area contributed by atoms with E-state index in [4.69, 9.17) is 15.9 Å². The van der Waals surface area contributed by atoms with E-state index < -0.39 is 41.9 Å². The smallest absolute Gasteiger partial charge is 0.413 e. The fraction of sp³-hybridized carbons (Fsp3) is 0.667. The SMILES string of the molecule is CN(C(=O)O)C(=O)C(CSC/C(=N/O)C(=O)N1CCCCC1)NC(=O)CCC(N)C(=O)O. The Morgan fingerprint density at radius 2 is 1.78 bits per heavy atom. The second-order valence-corrected chi connectivity index (χ2v) is 8.23. The molecule has 13 nitrogen and oxygen atoms in total. The summed E-state index contributed by atoms with van der Waals surface area (Å²) in [4.78, 5) is 60.9. The van der Waals surface area contributed by atoms with E-state index in [1.165, 1.54) is 0 Å². The number of nitrogens with zero attached hydrogens (tertiary/aromatic N) is 3. The molecule has 0 bridgehead atoms. The fourth-order valence-electron chi connectivity index (χ4n) is 2.87. The number of oxime groups is 1. The number of likely N-dealkylation sites (N-methyl/N-ethyl adjacent to an activating group) is 1. The summed E-state index contributed by atoms with van der Waals surface area (Å²) in [5.41, 5.74) is 5.24. The Kier molecular flexibility index (Phi) is 11.5. The van der Waals surface area contributed by atoms with Crippen LogP contribution in [-0.4, -0.2) is 104 Å². The summed E-state index contributed by atoms with van der Waals surface area (Å²) >= 11 is 1.00. The predicted molar refractivity (Wildman–Crippen MR) is 115 cm³/mol. The summed E-state index contributed by atoms with van der Waals surface area (Å²) in [6, 6.07) is -2.52. The van der Waals surface area contributed by atoms with Crippen LogP contribution in [0.5, 0.6) is 0 Å². The van der Waals surface area contributed by atoms with Crippen LogP contribution in [0.1, 0.15) is 32.1 Å². The monoisotopic (exact) mass is 475 g/mol. The number of aliphatic carboxylic acids is 1. The highest BCUT2D eigenvalue weighted by Gasteiger charge is 2.29. The lowest BCUT2D eigenvalue weighted by molar-refractivity contribution is -0.139. The van der Waals surface area contributed by atoms with Crippen molar-refractivity contribution in [3.05, 3.63) is 0 Å². The molecule has 0 aromatic rings. The lowest BCUT2D eigenvalue weighted by Crippen LogP contribution is -2.50. The number of nitrogens with two attached hydrogens (primary N) is 1. The quantitative estimate of drug-likeness (QED) is 0.145. The van der Waals surface area contributed by atoms with Gasteiger partial charge in [0.05, 0.1) is 0 Å². The molecule has 0 saturated carbocycles. The highest BCUT2D eigenvalue weighted by Crippen LogP contribution is 2.12. The van der Waals surface area contributed by atoms with E-state index in [2.05, 4.69) is 10.5 Å². The van der Waals surface area contributed by atoms with Crippen LogP contribution >= 0.6 is 11.8 Å². The highest BCUT2D eigenvalue weighted by molar-refractivity contribution is 8.00. The van der Waals surface area contributed by atoms with Crippen molar-refractivity contribution in [1.82, 2.24) is 15.1 Å². The minimum Gasteiger partial charge on any atom is -0.480 e. The van der Waals surface area contributed by atoms with E-state index >= 15 is 0 Å². The van der Waals surface area contributed by atoms with Crippen molar-refractivity contribution in [3.63, 3.8) is 0 Å². The number of piperidine rings is 1. The third-order valence-electron chi connectivity index (χ3n) is 4.78. The number of imide groups is 1. The molecule has 0 spiro atoms. The Hall–Kier alpha value is -2.87. The molecule has 2 atom stereocenters. The second kappa shape index (κ2) is 13.5. The van der Waals surface area contributed by atoms with Crippen LogP contribution in [0, 0.1) is 0 Å². The first-order valence-corrected chi connectivity index (χ1v) is 11.1. The molecule has 0 aromatic carbocycles. The molecule has 2 unspecified atom stereocenters. The number of hydrogen-bond donors (Lipinski definition) is 5. The first kappa shape index (κ1) is 27.2. The maximum atomic E-state index is 12.5. The van der Waals surface area contributed by atoms with Crippen molar-refractivity contribution in [1.29, 1.82) is 0 Å². The van der Waals surface area contributed by atoms with Gasteiger partial charge >= 0.3 is 12.1 Å². The zero-order valence-electron chi connectivity index (χ0n) is 17.7. The largest absolute Gasteiger partial charge is 0.480 e. The van der Waals surface area contributed by atoms with Gasteiger partial charge in [0.25, 0.3) is 11.8 Å². The lowest BCUT2D eigenvalue weighted by Gasteiger charge is -2.27. The van der Waals surface area contributed by atoms with Crippen LogP contribution in [0.3, 0.4) is 0 Å².